The number of hydrogen-bond acceptors (Lipinski definition) is 4. The molecule has 16 rings (SSSR count). The van der Waals surface area contributed by atoms with Gasteiger partial charge in [0.05, 0.1) is 35.3 Å². The summed E-state index contributed by atoms with van der Waals surface area (Å²) in [5, 5.41) is 9.95. The summed E-state index contributed by atoms with van der Waals surface area (Å²) in [5.41, 5.74) is 24.9. The maximum atomic E-state index is 6.48. The largest absolute Gasteiger partial charge is 0.494 e. The smallest absolute Gasteiger partial charge is 0.141 e. The fraction of sp³-hybridized carbons (Fsp3) is 0.405. The SMILES string of the molecule is CCCCCCCCOc1ccc(-c2nc3c4cc(-c5ccc6c(c5)C(CCCCCCCC)(CCCCCCCC)c5cc(-c7ccc8c9ccc(-c%10ccc(-c%11ccccc%11)cc%10)cc9c9nc(-c%10ccc(OCCCCCCCC)cc%10)n(CCCCCCCC)c9c8c7)ccc5-6)ccc4c4ccc(-c5ccccc5)cc4c3n2CCCCCCCC)cc1. The van der Waals surface area contributed by atoms with Crippen LogP contribution in [0.5, 0.6) is 11.5 Å². The van der Waals surface area contributed by atoms with Crippen LogP contribution in [0.2, 0.25) is 0 Å². The minimum atomic E-state index is -0.193. The van der Waals surface area contributed by atoms with Crippen LogP contribution in [0.4, 0.5) is 0 Å². The average molecular weight is 1680 g/mol. The number of unbranched alkanes of at least 4 members (excludes halogenated alkanes) is 30. The highest BCUT2D eigenvalue weighted by Crippen LogP contribution is 2.57. The molecule has 13 aromatic carbocycles. The second-order valence-corrected chi connectivity index (χ2v) is 37.4. The molecule has 15 aromatic rings. The average Bonchev–Trinajstić information content (AvgIpc) is 1.72. The van der Waals surface area contributed by atoms with Crippen molar-refractivity contribution < 1.29 is 9.47 Å². The van der Waals surface area contributed by atoms with Gasteiger partial charge in [0.2, 0.25) is 0 Å². The lowest BCUT2D eigenvalue weighted by Crippen LogP contribution is -2.25. The van der Waals surface area contributed by atoms with E-state index in [1.165, 1.54) is 337 Å². The zero-order valence-corrected chi connectivity index (χ0v) is 77.9. The first-order valence-electron chi connectivity index (χ1n) is 50.6. The molecule has 1 aliphatic rings. The molecule has 0 fully saturated rings. The molecule has 0 atom stereocenters. The molecule has 658 valence electrons. The first kappa shape index (κ1) is 89.8. The molecule has 2 aromatic heterocycles. The first-order chi connectivity index (χ1) is 62.8. The minimum Gasteiger partial charge on any atom is -0.494 e. The van der Waals surface area contributed by atoms with E-state index >= 15 is 0 Å². The second kappa shape index (κ2) is 44.9. The molecule has 2 heterocycles. The predicted octanol–water partition coefficient (Wildman–Crippen LogP) is 36.6. The summed E-state index contributed by atoms with van der Waals surface area (Å²) < 4.78 is 18.2. The molecule has 0 aliphatic heterocycles. The van der Waals surface area contributed by atoms with Crippen molar-refractivity contribution in [2.75, 3.05) is 13.2 Å². The van der Waals surface area contributed by atoms with Crippen LogP contribution >= 0.6 is 0 Å². The summed E-state index contributed by atoms with van der Waals surface area (Å²) in [6.45, 7) is 17.2. The quantitative estimate of drug-likeness (QED) is 0.0282. The molecule has 0 spiro atoms. The van der Waals surface area contributed by atoms with Crippen LogP contribution in [-0.4, -0.2) is 32.3 Å². The molecule has 6 nitrogen and oxygen atoms in total. The molecule has 0 saturated heterocycles. The van der Waals surface area contributed by atoms with Crippen molar-refractivity contribution in [2.45, 2.75) is 304 Å². The molecular formula is C121H142N4O2. The minimum absolute atomic E-state index is 0.193. The van der Waals surface area contributed by atoms with Gasteiger partial charge in [-0.05, 0) is 223 Å². The van der Waals surface area contributed by atoms with Crippen LogP contribution in [0.3, 0.4) is 0 Å². The van der Waals surface area contributed by atoms with Crippen molar-refractivity contribution in [1.29, 1.82) is 0 Å². The van der Waals surface area contributed by atoms with Gasteiger partial charge in [0.25, 0.3) is 0 Å². The molecular weight excluding hydrogens is 1540 g/mol. The molecule has 1 aliphatic carbocycles. The molecule has 0 N–H and O–H groups in total. The van der Waals surface area contributed by atoms with E-state index < -0.39 is 0 Å². The number of aromatic nitrogens is 4. The number of nitrogens with zero attached hydrogens (tertiary/aromatic N) is 4. The molecule has 0 unspecified atom stereocenters. The molecule has 0 saturated carbocycles. The van der Waals surface area contributed by atoms with E-state index in [4.69, 9.17) is 19.4 Å². The third kappa shape index (κ3) is 21.1. The second-order valence-electron chi connectivity index (χ2n) is 37.4. The third-order valence-electron chi connectivity index (χ3n) is 28.2. The van der Waals surface area contributed by atoms with Crippen molar-refractivity contribution in [3.63, 3.8) is 0 Å². The Balaban J connectivity index is 0.831. The van der Waals surface area contributed by atoms with Gasteiger partial charge in [-0.1, -0.05) is 405 Å². The summed E-state index contributed by atoms with van der Waals surface area (Å²) in [7, 11) is 0. The highest BCUT2D eigenvalue weighted by molar-refractivity contribution is 6.26. The Bertz CT molecular complexity index is 6030. The maximum Gasteiger partial charge on any atom is 0.141 e. The van der Waals surface area contributed by atoms with Gasteiger partial charge in [-0.3, -0.25) is 0 Å². The molecule has 0 amide bonds. The predicted molar refractivity (Wildman–Crippen MR) is 548 cm³/mol. The van der Waals surface area contributed by atoms with Crippen molar-refractivity contribution in [2.24, 2.45) is 0 Å². The fourth-order valence-corrected chi connectivity index (χ4v) is 21.0. The third-order valence-corrected chi connectivity index (χ3v) is 28.2. The zero-order chi connectivity index (χ0) is 86.9. The van der Waals surface area contributed by atoms with E-state index in [0.717, 1.165) is 110 Å². The Morgan fingerprint density at radius 3 is 0.866 bits per heavy atom. The van der Waals surface area contributed by atoms with Crippen molar-refractivity contribution in [1.82, 2.24) is 19.1 Å². The van der Waals surface area contributed by atoms with Gasteiger partial charge in [-0.15, -0.1) is 0 Å². The van der Waals surface area contributed by atoms with E-state index in [-0.39, 0.29) is 5.41 Å². The first-order valence-corrected chi connectivity index (χ1v) is 50.6. The van der Waals surface area contributed by atoms with Gasteiger partial charge in [0.15, 0.2) is 0 Å². The Kier molecular flexibility index (Phi) is 31.8. The van der Waals surface area contributed by atoms with Gasteiger partial charge in [-0.2, -0.15) is 0 Å². The molecule has 0 bridgehead atoms. The van der Waals surface area contributed by atoms with E-state index in [0.29, 0.717) is 0 Å². The Morgan fingerprint density at radius 1 is 0.228 bits per heavy atom. The van der Waals surface area contributed by atoms with E-state index in [1.807, 2.05) is 0 Å². The van der Waals surface area contributed by atoms with Crippen LogP contribution in [0.1, 0.15) is 297 Å². The molecule has 127 heavy (non-hydrogen) atoms. The van der Waals surface area contributed by atoms with E-state index in [9.17, 15) is 0 Å². The lowest BCUT2D eigenvalue weighted by Gasteiger charge is -2.33. The summed E-state index contributed by atoms with van der Waals surface area (Å²) >= 11 is 0. The Morgan fingerprint density at radius 2 is 0.496 bits per heavy atom. The Labute approximate surface area is 760 Å². The molecule has 6 heteroatoms. The van der Waals surface area contributed by atoms with Crippen LogP contribution in [0.15, 0.2) is 243 Å². The molecule has 0 radical (unpaired) electrons. The number of hydrogen-bond donors (Lipinski definition) is 0. The lowest BCUT2D eigenvalue weighted by molar-refractivity contribution is 0.304. The van der Waals surface area contributed by atoms with Crippen LogP contribution in [0.25, 0.3) is 155 Å². The standard InChI is InChI=1S/C121H142N4O2/c1-7-13-19-25-31-43-77-121(78-44-32-26-20-14-8-2)113-87-99(97-63-72-104-105-73-62-96(90-51-41-38-42-52-90)85-111(105)117-116(110(104)84-97)123-120(124(117)79-45-33-27-21-15-9-3)94-59-69-102(70-60-94)127-82-48-36-30-24-18-12-6)65-75-107(113)108-76-66-100(88-114(108)121)98-64-74-106-103-71-61-95(92-55-53-91(54-56-92)89-49-39-37-40-50-89)83-109(103)115-118(112(106)86-98)125(80-46-34-28-22-16-10-4)119(122-115)93-57-67-101(68-58-93)126-81-47-35-29-23-17-11-5/h37-42,49-76,83-88H,7-36,43-48,77-82H2,1-6H3. The number of ether oxygens (including phenoxy) is 2. The highest BCUT2D eigenvalue weighted by Gasteiger charge is 2.43. The van der Waals surface area contributed by atoms with E-state index in [2.05, 4.69) is 293 Å². The van der Waals surface area contributed by atoms with Gasteiger partial charge in [0.1, 0.15) is 23.1 Å². The topological polar surface area (TPSA) is 54.1 Å². The number of benzene rings is 13. The number of aryl methyl sites for hydroxylation is 2. The van der Waals surface area contributed by atoms with Gasteiger partial charge < -0.3 is 18.6 Å². The van der Waals surface area contributed by atoms with Gasteiger partial charge in [0, 0.05) is 51.2 Å². The highest BCUT2D eigenvalue weighted by atomic mass is 16.5. The summed E-state index contributed by atoms with van der Waals surface area (Å²) in [5.74, 6) is 3.92. The van der Waals surface area contributed by atoms with E-state index in [1.54, 1.807) is 0 Å². The monoisotopic (exact) mass is 1680 g/mol. The van der Waals surface area contributed by atoms with Crippen molar-refractivity contribution in [3.8, 4) is 101 Å². The number of rotatable bonds is 51. The fourth-order valence-electron chi connectivity index (χ4n) is 21.0. The summed E-state index contributed by atoms with van der Waals surface area (Å²) in [6.07, 6.45) is 46.9. The van der Waals surface area contributed by atoms with Crippen LogP contribution in [-0.2, 0) is 18.5 Å². The zero-order valence-electron chi connectivity index (χ0n) is 77.9. The Hall–Kier alpha value is -10.6. The van der Waals surface area contributed by atoms with Gasteiger partial charge >= 0.3 is 0 Å². The normalized spacial score (nSPS) is 12.5. The lowest BCUT2D eigenvalue weighted by atomic mass is 9.70. The summed E-state index contributed by atoms with van der Waals surface area (Å²) in [4.78, 5) is 11.9. The van der Waals surface area contributed by atoms with Crippen molar-refractivity contribution >= 4 is 65.2 Å². The number of imidazole rings is 2. The maximum absolute atomic E-state index is 6.48. The number of fused-ring (bicyclic) bond motifs is 15. The van der Waals surface area contributed by atoms with Crippen molar-refractivity contribution in [3.05, 3.63) is 254 Å². The summed E-state index contributed by atoms with van der Waals surface area (Å²) in [6, 6.07) is 93.6. The van der Waals surface area contributed by atoms with Crippen LogP contribution in [0, 0.1) is 0 Å². The van der Waals surface area contributed by atoms with Gasteiger partial charge in [-0.25, -0.2) is 9.97 Å². The van der Waals surface area contributed by atoms with Crippen LogP contribution < -0.4 is 9.47 Å².